The van der Waals surface area contributed by atoms with Crippen molar-refractivity contribution in [1.29, 1.82) is 0 Å². The number of hydrogen-bond acceptors (Lipinski definition) is 7. The van der Waals surface area contributed by atoms with Crippen molar-refractivity contribution in [3.63, 3.8) is 0 Å². The van der Waals surface area contributed by atoms with E-state index >= 15 is 0 Å². The number of methoxy groups -OCH3 is 1. The van der Waals surface area contributed by atoms with Crippen LogP contribution < -0.4 is 15.4 Å². The highest BCUT2D eigenvalue weighted by molar-refractivity contribution is 8.01. The van der Waals surface area contributed by atoms with E-state index in [0.717, 1.165) is 17.0 Å². The Labute approximate surface area is 170 Å². The molecule has 2 N–H and O–H groups in total. The molecule has 0 spiro atoms. The number of benzene rings is 2. The van der Waals surface area contributed by atoms with E-state index in [9.17, 15) is 4.79 Å². The van der Waals surface area contributed by atoms with Crippen molar-refractivity contribution in [1.82, 2.24) is 10.2 Å². The van der Waals surface area contributed by atoms with E-state index in [1.807, 2.05) is 37.3 Å². The zero-order valence-electron chi connectivity index (χ0n) is 14.7. The Morgan fingerprint density at radius 3 is 2.89 bits per heavy atom. The van der Waals surface area contributed by atoms with Gasteiger partial charge in [0.25, 0.3) is 0 Å². The van der Waals surface area contributed by atoms with Gasteiger partial charge in [-0.3, -0.25) is 4.79 Å². The number of carbonyl (C=O) groups is 1. The molecular weight excluding hydrogens is 404 g/mol. The molecule has 0 bridgehead atoms. The van der Waals surface area contributed by atoms with Crippen LogP contribution in [0.5, 0.6) is 5.75 Å². The first kappa shape index (κ1) is 19.5. The summed E-state index contributed by atoms with van der Waals surface area (Å²) in [5.74, 6) is 0.870. The molecule has 0 unspecified atom stereocenters. The summed E-state index contributed by atoms with van der Waals surface area (Å²) in [5.41, 5.74) is 2.42. The Morgan fingerprint density at radius 2 is 2.07 bits per heavy atom. The van der Waals surface area contributed by atoms with Gasteiger partial charge in [-0.25, -0.2) is 0 Å². The molecule has 0 aliphatic rings. The highest BCUT2D eigenvalue weighted by Gasteiger charge is 2.10. The largest absolute Gasteiger partial charge is 0.497 e. The molecule has 2 aromatic carbocycles. The number of aromatic nitrogens is 2. The zero-order valence-corrected chi connectivity index (χ0v) is 17.0. The topological polar surface area (TPSA) is 76.1 Å². The second-order valence-electron chi connectivity index (χ2n) is 5.48. The fraction of sp³-hybridized carbons (Fsp3) is 0.167. The van der Waals surface area contributed by atoms with Crippen LogP contribution in [0.1, 0.15) is 5.56 Å². The van der Waals surface area contributed by atoms with E-state index in [1.54, 1.807) is 19.2 Å². The lowest BCUT2D eigenvalue weighted by molar-refractivity contribution is -0.113. The number of rotatable bonds is 7. The molecule has 1 aromatic heterocycles. The fourth-order valence-corrected chi connectivity index (χ4v) is 3.95. The molecule has 27 heavy (non-hydrogen) atoms. The molecule has 0 saturated carbocycles. The van der Waals surface area contributed by atoms with Crippen LogP contribution in [-0.2, 0) is 4.79 Å². The SMILES string of the molecule is COc1cccc(Nc2nnc(SCC(=O)Nc3cccc(Cl)c3C)s2)c1. The quantitative estimate of drug-likeness (QED) is 0.525. The fourth-order valence-electron chi connectivity index (χ4n) is 2.20. The second kappa shape index (κ2) is 9.07. The highest BCUT2D eigenvalue weighted by atomic mass is 35.5. The minimum atomic E-state index is -0.122. The summed E-state index contributed by atoms with van der Waals surface area (Å²) < 4.78 is 5.90. The van der Waals surface area contributed by atoms with Crippen molar-refractivity contribution in [2.75, 3.05) is 23.5 Å². The van der Waals surface area contributed by atoms with Crippen molar-refractivity contribution in [3.05, 3.63) is 53.1 Å². The molecule has 140 valence electrons. The summed E-state index contributed by atoms with van der Waals surface area (Å²) in [4.78, 5) is 12.2. The Kier molecular flexibility index (Phi) is 6.54. The molecule has 0 radical (unpaired) electrons. The molecular formula is C18H17ClN4O2S2. The summed E-state index contributed by atoms with van der Waals surface area (Å²) in [6, 6.07) is 13.0. The summed E-state index contributed by atoms with van der Waals surface area (Å²) in [6.07, 6.45) is 0. The van der Waals surface area contributed by atoms with Crippen LogP contribution >= 0.6 is 34.7 Å². The molecule has 3 aromatic rings. The average molecular weight is 421 g/mol. The Balaban J connectivity index is 1.54. The Bertz CT molecular complexity index is 949. The van der Waals surface area contributed by atoms with Crippen LogP contribution in [0.2, 0.25) is 5.02 Å². The number of amides is 1. The number of carbonyl (C=O) groups excluding carboxylic acids is 1. The van der Waals surface area contributed by atoms with Gasteiger partial charge in [0.15, 0.2) is 4.34 Å². The standard InChI is InChI=1S/C18H17ClN4O2S2/c1-11-14(19)7-4-8-15(11)21-16(24)10-26-18-23-22-17(27-18)20-12-5-3-6-13(9-12)25-2/h3-9H,10H2,1-2H3,(H,20,22)(H,21,24). The van der Waals surface area contributed by atoms with Gasteiger partial charge in [-0.2, -0.15) is 0 Å². The minimum Gasteiger partial charge on any atom is -0.497 e. The predicted octanol–water partition coefficient (Wildman–Crippen LogP) is 4.98. The molecule has 6 nitrogen and oxygen atoms in total. The van der Waals surface area contributed by atoms with Crippen LogP contribution in [-0.4, -0.2) is 29.0 Å². The van der Waals surface area contributed by atoms with Crippen molar-refractivity contribution in [3.8, 4) is 5.75 Å². The predicted molar refractivity (Wildman–Crippen MR) is 112 cm³/mol. The monoisotopic (exact) mass is 420 g/mol. The van der Waals surface area contributed by atoms with E-state index in [4.69, 9.17) is 16.3 Å². The van der Waals surface area contributed by atoms with E-state index in [0.29, 0.717) is 20.2 Å². The van der Waals surface area contributed by atoms with Crippen molar-refractivity contribution in [2.45, 2.75) is 11.3 Å². The van der Waals surface area contributed by atoms with Gasteiger partial charge < -0.3 is 15.4 Å². The number of hydrogen-bond donors (Lipinski definition) is 2. The van der Waals surface area contributed by atoms with Gasteiger partial charge in [0.05, 0.1) is 12.9 Å². The molecule has 3 rings (SSSR count). The van der Waals surface area contributed by atoms with Crippen LogP contribution in [0.4, 0.5) is 16.5 Å². The number of nitrogens with one attached hydrogen (secondary N) is 2. The average Bonchev–Trinajstić information content (AvgIpc) is 3.11. The van der Waals surface area contributed by atoms with Crippen molar-refractivity contribution >= 4 is 57.1 Å². The molecule has 0 fully saturated rings. The highest BCUT2D eigenvalue weighted by Crippen LogP contribution is 2.29. The van der Waals surface area contributed by atoms with E-state index in [-0.39, 0.29) is 11.7 Å². The van der Waals surface area contributed by atoms with E-state index in [2.05, 4.69) is 20.8 Å². The van der Waals surface area contributed by atoms with Gasteiger partial charge in [-0.05, 0) is 36.8 Å². The normalized spacial score (nSPS) is 10.5. The first-order chi connectivity index (χ1) is 13.0. The molecule has 0 saturated heterocycles. The number of ether oxygens (including phenoxy) is 1. The maximum absolute atomic E-state index is 12.2. The summed E-state index contributed by atoms with van der Waals surface area (Å²) in [6.45, 7) is 1.87. The minimum absolute atomic E-state index is 0.122. The lowest BCUT2D eigenvalue weighted by atomic mass is 10.2. The first-order valence-corrected chi connectivity index (χ1v) is 10.2. The van der Waals surface area contributed by atoms with E-state index in [1.165, 1.54) is 23.1 Å². The van der Waals surface area contributed by atoms with Crippen LogP contribution in [0, 0.1) is 6.92 Å². The molecule has 0 aliphatic heterocycles. The van der Waals surface area contributed by atoms with E-state index < -0.39 is 0 Å². The van der Waals surface area contributed by atoms with Gasteiger partial charge in [0.1, 0.15) is 5.75 Å². The molecule has 0 atom stereocenters. The maximum atomic E-state index is 12.2. The molecule has 0 aliphatic carbocycles. The molecule has 1 heterocycles. The van der Waals surface area contributed by atoms with Crippen molar-refractivity contribution < 1.29 is 9.53 Å². The third-order valence-electron chi connectivity index (χ3n) is 3.60. The van der Waals surface area contributed by atoms with Gasteiger partial charge in [0, 0.05) is 22.5 Å². The number of nitrogens with zero attached hydrogens (tertiary/aromatic N) is 2. The third kappa shape index (κ3) is 5.35. The van der Waals surface area contributed by atoms with Gasteiger partial charge in [-0.15, -0.1) is 10.2 Å². The van der Waals surface area contributed by atoms with Crippen LogP contribution in [0.25, 0.3) is 0 Å². The summed E-state index contributed by atoms with van der Waals surface area (Å²) in [7, 11) is 1.62. The van der Waals surface area contributed by atoms with Gasteiger partial charge in [-0.1, -0.05) is 46.8 Å². The third-order valence-corrected chi connectivity index (χ3v) is 5.98. The molecule has 9 heteroatoms. The summed E-state index contributed by atoms with van der Waals surface area (Å²) in [5, 5.41) is 15.5. The first-order valence-electron chi connectivity index (χ1n) is 7.97. The second-order valence-corrected chi connectivity index (χ2v) is 8.09. The molecule has 1 amide bonds. The number of thioether (sulfide) groups is 1. The Morgan fingerprint density at radius 1 is 1.26 bits per heavy atom. The zero-order chi connectivity index (χ0) is 19.2. The van der Waals surface area contributed by atoms with Crippen molar-refractivity contribution in [2.24, 2.45) is 0 Å². The lowest BCUT2D eigenvalue weighted by Gasteiger charge is -2.08. The maximum Gasteiger partial charge on any atom is 0.234 e. The number of anilines is 3. The van der Waals surface area contributed by atoms with Gasteiger partial charge >= 0.3 is 0 Å². The summed E-state index contributed by atoms with van der Waals surface area (Å²) >= 11 is 8.79. The number of halogens is 1. The van der Waals surface area contributed by atoms with Crippen LogP contribution in [0.15, 0.2) is 46.8 Å². The van der Waals surface area contributed by atoms with Gasteiger partial charge in [0.2, 0.25) is 11.0 Å². The van der Waals surface area contributed by atoms with Crippen LogP contribution in [0.3, 0.4) is 0 Å². The lowest BCUT2D eigenvalue weighted by Crippen LogP contribution is -2.14. The Hall–Kier alpha value is -2.29. The smallest absolute Gasteiger partial charge is 0.234 e.